The molecule has 0 aliphatic carbocycles. The van der Waals surface area contributed by atoms with E-state index in [1.807, 2.05) is 12.1 Å². The molecule has 0 spiro atoms. The van der Waals surface area contributed by atoms with Gasteiger partial charge in [-0.1, -0.05) is 60.7 Å². The Morgan fingerprint density at radius 3 is 1.97 bits per heavy atom. The Hall–Kier alpha value is -2.18. The summed E-state index contributed by atoms with van der Waals surface area (Å²) in [6, 6.07) is 30.8. The molecule has 0 saturated carbocycles. The first-order valence-corrected chi connectivity index (χ1v) is 14.0. The molecule has 2 aromatic carbocycles. The quantitative estimate of drug-likeness (QED) is 0.299. The fourth-order valence-corrected chi connectivity index (χ4v) is 12.6. The minimum absolute atomic E-state index is 0.0909. The van der Waals surface area contributed by atoms with E-state index in [9.17, 15) is 0 Å². The molecule has 0 bridgehead atoms. The van der Waals surface area contributed by atoms with E-state index in [0.717, 1.165) is 23.8 Å². The van der Waals surface area contributed by atoms with Crippen LogP contribution in [0.3, 0.4) is 0 Å². The average molecular weight is 461 g/mol. The summed E-state index contributed by atoms with van der Waals surface area (Å²) < 4.78 is 12.2. The molecule has 164 valence electrons. The summed E-state index contributed by atoms with van der Waals surface area (Å²) in [5.74, 6) is 0. The van der Waals surface area contributed by atoms with Gasteiger partial charge < -0.3 is 8.83 Å². The zero-order valence-corrected chi connectivity index (χ0v) is 20.3. The van der Waals surface area contributed by atoms with Crippen molar-refractivity contribution in [2.24, 2.45) is 0 Å². The van der Waals surface area contributed by atoms with Gasteiger partial charge in [-0.15, -0.1) is 0 Å². The first-order chi connectivity index (χ1) is 15.7. The second-order valence-corrected chi connectivity index (χ2v) is 13.6. The van der Waals surface area contributed by atoms with Crippen molar-refractivity contribution in [1.29, 1.82) is 0 Å². The van der Waals surface area contributed by atoms with Crippen molar-refractivity contribution < 1.29 is 8.83 Å². The SMILES string of the molecule is CC(C)NP1C(c2ccccc2)CCC1(c1ccccc1)P(c1ccco1)c1ccco1. The summed E-state index contributed by atoms with van der Waals surface area (Å²) in [7, 11) is -1.53. The molecule has 3 atom stereocenters. The fraction of sp³-hybridized carbons (Fsp3) is 0.259. The molecule has 3 heterocycles. The highest BCUT2D eigenvalue weighted by Gasteiger charge is 2.57. The Balaban J connectivity index is 1.74. The molecular weight excluding hydrogens is 432 g/mol. The lowest BCUT2D eigenvalue weighted by Gasteiger charge is -2.44. The van der Waals surface area contributed by atoms with E-state index in [1.165, 1.54) is 11.1 Å². The smallest absolute Gasteiger partial charge is 0.134 e. The van der Waals surface area contributed by atoms with E-state index in [4.69, 9.17) is 8.83 Å². The van der Waals surface area contributed by atoms with E-state index in [2.05, 4.69) is 91.7 Å². The van der Waals surface area contributed by atoms with E-state index >= 15 is 0 Å². The van der Waals surface area contributed by atoms with Crippen molar-refractivity contribution in [3.05, 3.63) is 109 Å². The normalized spacial score (nSPS) is 23.2. The lowest BCUT2D eigenvalue weighted by atomic mass is 10.0. The van der Waals surface area contributed by atoms with Crippen molar-refractivity contribution in [3.63, 3.8) is 0 Å². The minimum atomic E-state index is -0.892. The molecule has 5 heteroatoms. The van der Waals surface area contributed by atoms with Crippen LogP contribution < -0.4 is 16.1 Å². The Labute approximate surface area is 192 Å². The van der Waals surface area contributed by atoms with Crippen LogP contribution in [0.15, 0.2) is 106 Å². The molecule has 1 fully saturated rings. The maximum absolute atomic E-state index is 6.12. The second-order valence-electron chi connectivity index (χ2n) is 8.54. The lowest BCUT2D eigenvalue weighted by Crippen LogP contribution is -2.34. The standard InChI is InChI=1S/C27H29NO2P2/c1-21(2)28-32-24(22-11-5-3-6-12-22)17-18-27(32,23-13-7-4-8-14-23)31(25-15-9-19-29-25)26-16-10-20-30-26/h3-16,19-21,24,28H,17-18H2,1-2H3. The maximum Gasteiger partial charge on any atom is 0.134 e. The Bertz CT molecular complexity index is 1060. The molecule has 4 aromatic rings. The maximum atomic E-state index is 6.12. The van der Waals surface area contributed by atoms with Gasteiger partial charge in [-0.3, -0.25) is 5.09 Å². The molecule has 0 amide bonds. The van der Waals surface area contributed by atoms with Crippen molar-refractivity contribution in [1.82, 2.24) is 5.09 Å². The van der Waals surface area contributed by atoms with Crippen molar-refractivity contribution in [2.45, 2.75) is 43.3 Å². The van der Waals surface area contributed by atoms with Crippen LogP contribution in [0.25, 0.3) is 0 Å². The van der Waals surface area contributed by atoms with E-state index in [-0.39, 0.29) is 4.90 Å². The van der Waals surface area contributed by atoms with Crippen molar-refractivity contribution in [2.75, 3.05) is 0 Å². The van der Waals surface area contributed by atoms with Gasteiger partial charge in [0.2, 0.25) is 0 Å². The number of hydrogen-bond acceptors (Lipinski definition) is 3. The molecule has 1 aliphatic rings. The monoisotopic (exact) mass is 461 g/mol. The predicted molar refractivity (Wildman–Crippen MR) is 135 cm³/mol. The van der Waals surface area contributed by atoms with Crippen molar-refractivity contribution in [3.8, 4) is 0 Å². The van der Waals surface area contributed by atoms with Gasteiger partial charge in [0, 0.05) is 19.6 Å². The summed E-state index contributed by atoms with van der Waals surface area (Å²) in [6.07, 6.45) is 5.84. The van der Waals surface area contributed by atoms with Gasteiger partial charge in [0.1, 0.15) is 11.0 Å². The first-order valence-electron chi connectivity index (χ1n) is 11.2. The van der Waals surface area contributed by atoms with E-state index < -0.39 is 16.0 Å². The average Bonchev–Trinajstić information content (AvgIpc) is 3.59. The summed E-state index contributed by atoms with van der Waals surface area (Å²) >= 11 is 0. The molecule has 0 radical (unpaired) electrons. The third-order valence-corrected chi connectivity index (χ3v) is 13.2. The van der Waals surface area contributed by atoms with E-state index in [0.29, 0.717) is 11.7 Å². The molecule has 1 saturated heterocycles. The van der Waals surface area contributed by atoms with Gasteiger partial charge in [0.25, 0.3) is 0 Å². The third kappa shape index (κ3) is 3.88. The molecule has 3 nitrogen and oxygen atoms in total. The van der Waals surface area contributed by atoms with Gasteiger partial charge in [-0.25, -0.2) is 0 Å². The van der Waals surface area contributed by atoms with Crippen LogP contribution >= 0.6 is 16.0 Å². The molecular formula is C27H29NO2P2. The molecule has 32 heavy (non-hydrogen) atoms. The molecule has 2 aromatic heterocycles. The minimum Gasteiger partial charge on any atom is -0.464 e. The molecule has 1 aliphatic heterocycles. The summed E-state index contributed by atoms with van der Waals surface area (Å²) in [5, 5.41) is 4.08. The summed E-state index contributed by atoms with van der Waals surface area (Å²) in [6.45, 7) is 4.53. The second kappa shape index (κ2) is 9.36. The zero-order chi connectivity index (χ0) is 22.0. The predicted octanol–water partition coefficient (Wildman–Crippen LogP) is 7.09. The van der Waals surface area contributed by atoms with Gasteiger partial charge in [0.05, 0.1) is 17.4 Å². The van der Waals surface area contributed by atoms with Crippen LogP contribution in [-0.4, -0.2) is 6.04 Å². The van der Waals surface area contributed by atoms with Crippen LogP contribution in [-0.2, 0) is 4.90 Å². The molecule has 1 N–H and O–H groups in total. The van der Waals surface area contributed by atoms with E-state index in [1.54, 1.807) is 12.5 Å². The topological polar surface area (TPSA) is 38.3 Å². The highest BCUT2D eigenvalue weighted by atomic mass is 31.2. The number of furan rings is 2. The highest BCUT2D eigenvalue weighted by Crippen LogP contribution is 2.81. The van der Waals surface area contributed by atoms with Gasteiger partial charge in [-0.2, -0.15) is 0 Å². The third-order valence-electron chi connectivity index (χ3n) is 6.12. The van der Waals surface area contributed by atoms with Crippen LogP contribution in [0, 0.1) is 0 Å². The molecule has 3 unspecified atom stereocenters. The van der Waals surface area contributed by atoms with Crippen LogP contribution in [0.5, 0.6) is 0 Å². The largest absolute Gasteiger partial charge is 0.464 e. The summed E-state index contributed by atoms with van der Waals surface area (Å²) in [4.78, 5) is -0.0909. The number of nitrogens with one attached hydrogen (secondary N) is 1. The lowest BCUT2D eigenvalue weighted by molar-refractivity contribution is 0.587. The van der Waals surface area contributed by atoms with Gasteiger partial charge >= 0.3 is 0 Å². The van der Waals surface area contributed by atoms with Gasteiger partial charge in [0.15, 0.2) is 0 Å². The Morgan fingerprint density at radius 1 is 0.844 bits per heavy atom. The van der Waals surface area contributed by atoms with Gasteiger partial charge in [-0.05, 0) is 70.2 Å². The highest BCUT2D eigenvalue weighted by molar-refractivity contribution is 7.84. The molecule has 5 rings (SSSR count). The Morgan fingerprint density at radius 2 is 1.44 bits per heavy atom. The number of benzene rings is 2. The van der Waals surface area contributed by atoms with Crippen LogP contribution in [0.2, 0.25) is 0 Å². The number of rotatable bonds is 7. The summed E-state index contributed by atoms with van der Waals surface area (Å²) in [5.41, 5.74) is 5.36. The zero-order valence-electron chi connectivity index (χ0n) is 18.5. The first kappa shape index (κ1) is 21.7. The van der Waals surface area contributed by atoms with Crippen LogP contribution in [0.4, 0.5) is 0 Å². The fourth-order valence-electron chi connectivity index (χ4n) is 4.92. The van der Waals surface area contributed by atoms with Crippen LogP contribution in [0.1, 0.15) is 43.5 Å². The Kier molecular flexibility index (Phi) is 6.33. The van der Waals surface area contributed by atoms with Crippen molar-refractivity contribution >= 4 is 27.0 Å². The number of hydrogen-bond donors (Lipinski definition) is 1.